The zero-order chi connectivity index (χ0) is 22.5. The Labute approximate surface area is 187 Å². The molecule has 32 heavy (non-hydrogen) atoms. The summed E-state index contributed by atoms with van der Waals surface area (Å²) in [4.78, 5) is 17.0. The minimum atomic E-state index is -0.382. The Kier molecular flexibility index (Phi) is 6.83. The van der Waals surface area contributed by atoms with Crippen molar-refractivity contribution >= 4 is 11.6 Å². The van der Waals surface area contributed by atoms with Gasteiger partial charge in [0.15, 0.2) is 5.82 Å². The van der Waals surface area contributed by atoms with Crippen molar-refractivity contribution in [3.8, 4) is 23.1 Å². The fraction of sp³-hybridized carbons (Fsp3) is 0.400. The normalized spacial score (nSPS) is 14.5. The zero-order valence-corrected chi connectivity index (χ0v) is 18.6. The molecule has 1 aliphatic rings. The van der Waals surface area contributed by atoms with E-state index < -0.39 is 0 Å². The number of carbonyl (C=O) groups is 1. The van der Waals surface area contributed by atoms with Gasteiger partial charge < -0.3 is 10.1 Å². The summed E-state index contributed by atoms with van der Waals surface area (Å²) in [5, 5.41) is 7.48. The van der Waals surface area contributed by atoms with E-state index in [0.717, 1.165) is 31.4 Å². The molecule has 0 bridgehead atoms. The molecule has 0 spiro atoms. The SMILES string of the molecule is CC(C)COc1nc(-c2ccccc2F)n(-c2ccc(NC(=O)C3CCCCC3)cc2)n1. The maximum Gasteiger partial charge on any atom is 0.336 e. The Bertz CT molecular complexity index is 1060. The highest BCUT2D eigenvalue weighted by atomic mass is 19.1. The van der Waals surface area contributed by atoms with Crippen LogP contribution in [0.5, 0.6) is 6.01 Å². The van der Waals surface area contributed by atoms with Crippen molar-refractivity contribution in [3.05, 3.63) is 54.3 Å². The summed E-state index contributed by atoms with van der Waals surface area (Å²) in [6.45, 7) is 4.54. The lowest BCUT2D eigenvalue weighted by Crippen LogP contribution is -2.24. The van der Waals surface area contributed by atoms with Gasteiger partial charge >= 0.3 is 6.01 Å². The summed E-state index contributed by atoms with van der Waals surface area (Å²) >= 11 is 0. The van der Waals surface area contributed by atoms with Crippen molar-refractivity contribution < 1.29 is 13.9 Å². The zero-order valence-electron chi connectivity index (χ0n) is 18.6. The van der Waals surface area contributed by atoms with Gasteiger partial charge in [-0.15, -0.1) is 5.10 Å². The lowest BCUT2D eigenvalue weighted by Gasteiger charge is -2.20. The van der Waals surface area contributed by atoms with Gasteiger partial charge in [0.1, 0.15) is 5.82 Å². The van der Waals surface area contributed by atoms with Gasteiger partial charge in [-0.05, 0) is 55.2 Å². The van der Waals surface area contributed by atoms with Crippen LogP contribution in [0.2, 0.25) is 0 Å². The second-order valence-corrected chi connectivity index (χ2v) is 8.69. The number of carbonyl (C=O) groups excluding carboxylic acids is 1. The molecule has 0 aliphatic heterocycles. The summed E-state index contributed by atoms with van der Waals surface area (Å²) in [6.07, 6.45) is 5.35. The van der Waals surface area contributed by atoms with E-state index in [4.69, 9.17) is 4.74 Å². The van der Waals surface area contributed by atoms with E-state index in [1.54, 1.807) is 22.9 Å². The third-order valence-electron chi connectivity index (χ3n) is 5.60. The van der Waals surface area contributed by atoms with E-state index in [2.05, 4.69) is 15.4 Å². The molecule has 1 N–H and O–H groups in total. The molecule has 0 atom stereocenters. The Morgan fingerprint density at radius 1 is 1.12 bits per heavy atom. The summed E-state index contributed by atoms with van der Waals surface area (Å²) in [5.74, 6) is 0.460. The van der Waals surface area contributed by atoms with Gasteiger partial charge in [-0.3, -0.25) is 4.79 Å². The second-order valence-electron chi connectivity index (χ2n) is 8.69. The van der Waals surface area contributed by atoms with E-state index >= 15 is 0 Å². The second kappa shape index (κ2) is 9.94. The Balaban J connectivity index is 1.59. The highest BCUT2D eigenvalue weighted by molar-refractivity contribution is 5.92. The van der Waals surface area contributed by atoms with Crippen LogP contribution in [0.4, 0.5) is 10.1 Å². The van der Waals surface area contributed by atoms with Crippen molar-refractivity contribution in [1.82, 2.24) is 14.8 Å². The molecule has 1 saturated carbocycles. The molecule has 1 fully saturated rings. The number of ether oxygens (including phenoxy) is 1. The molecule has 1 aromatic heterocycles. The van der Waals surface area contributed by atoms with Crippen molar-refractivity contribution in [1.29, 1.82) is 0 Å². The predicted octanol–water partition coefficient (Wildman–Crippen LogP) is 5.63. The van der Waals surface area contributed by atoms with Crippen molar-refractivity contribution in [2.45, 2.75) is 46.0 Å². The van der Waals surface area contributed by atoms with Gasteiger partial charge in [0.25, 0.3) is 0 Å². The molecule has 0 radical (unpaired) electrons. The highest BCUT2D eigenvalue weighted by Gasteiger charge is 2.21. The number of nitrogens with zero attached hydrogens (tertiary/aromatic N) is 3. The Hall–Kier alpha value is -3.22. The van der Waals surface area contributed by atoms with Crippen LogP contribution in [0.1, 0.15) is 46.0 Å². The smallest absolute Gasteiger partial charge is 0.336 e. The average molecular weight is 437 g/mol. The van der Waals surface area contributed by atoms with Crippen LogP contribution in [-0.4, -0.2) is 27.3 Å². The van der Waals surface area contributed by atoms with Crippen LogP contribution in [-0.2, 0) is 4.79 Å². The number of rotatable bonds is 7. The first-order valence-electron chi connectivity index (χ1n) is 11.3. The van der Waals surface area contributed by atoms with Crippen LogP contribution >= 0.6 is 0 Å². The standard InChI is InChI=1S/C25H29FN4O2/c1-17(2)16-32-25-28-23(21-10-6-7-11-22(21)26)30(29-25)20-14-12-19(13-15-20)27-24(31)18-8-4-3-5-9-18/h6-7,10-15,17-18H,3-5,8-9,16H2,1-2H3,(H,27,31). The lowest BCUT2D eigenvalue weighted by atomic mass is 9.88. The van der Waals surface area contributed by atoms with E-state index in [1.165, 1.54) is 12.5 Å². The van der Waals surface area contributed by atoms with E-state index in [1.807, 2.05) is 38.1 Å². The van der Waals surface area contributed by atoms with Crippen LogP contribution in [0.25, 0.3) is 17.1 Å². The summed E-state index contributed by atoms with van der Waals surface area (Å²) < 4.78 is 21.8. The van der Waals surface area contributed by atoms with Gasteiger partial charge in [0, 0.05) is 11.6 Å². The third kappa shape index (κ3) is 5.15. The predicted molar refractivity (Wildman–Crippen MR) is 122 cm³/mol. The average Bonchev–Trinajstić information content (AvgIpc) is 3.23. The van der Waals surface area contributed by atoms with Gasteiger partial charge in [-0.25, -0.2) is 9.07 Å². The number of aromatic nitrogens is 3. The van der Waals surface area contributed by atoms with Gasteiger partial charge in [0.05, 0.1) is 17.9 Å². The van der Waals surface area contributed by atoms with E-state index in [-0.39, 0.29) is 23.7 Å². The molecule has 0 saturated heterocycles. The van der Waals surface area contributed by atoms with Crippen molar-refractivity contribution in [3.63, 3.8) is 0 Å². The maximum absolute atomic E-state index is 14.5. The van der Waals surface area contributed by atoms with Crippen molar-refractivity contribution in [2.24, 2.45) is 11.8 Å². The lowest BCUT2D eigenvalue weighted by molar-refractivity contribution is -0.120. The van der Waals surface area contributed by atoms with Crippen LogP contribution < -0.4 is 10.1 Å². The maximum atomic E-state index is 14.5. The molecular weight excluding hydrogens is 407 g/mol. The summed E-state index contributed by atoms with van der Waals surface area (Å²) in [6, 6.07) is 14.0. The molecule has 4 rings (SSSR count). The van der Waals surface area contributed by atoms with Gasteiger partial charge in [-0.1, -0.05) is 45.2 Å². The first-order chi connectivity index (χ1) is 15.5. The summed E-state index contributed by atoms with van der Waals surface area (Å²) in [5.41, 5.74) is 1.77. The molecule has 168 valence electrons. The van der Waals surface area contributed by atoms with E-state index in [0.29, 0.717) is 29.6 Å². The molecule has 1 heterocycles. The number of amides is 1. The molecule has 7 heteroatoms. The first kappa shape index (κ1) is 22.0. The molecular formula is C25H29FN4O2. The minimum Gasteiger partial charge on any atom is -0.462 e. The highest BCUT2D eigenvalue weighted by Crippen LogP contribution is 2.28. The number of anilines is 1. The van der Waals surface area contributed by atoms with E-state index in [9.17, 15) is 9.18 Å². The number of halogens is 1. The van der Waals surface area contributed by atoms with Crippen LogP contribution in [0, 0.1) is 17.7 Å². The monoisotopic (exact) mass is 436 g/mol. The molecule has 6 nitrogen and oxygen atoms in total. The van der Waals surface area contributed by atoms with Crippen molar-refractivity contribution in [2.75, 3.05) is 11.9 Å². The van der Waals surface area contributed by atoms with Crippen LogP contribution in [0.3, 0.4) is 0 Å². The fourth-order valence-corrected chi connectivity index (χ4v) is 3.89. The van der Waals surface area contributed by atoms with Gasteiger partial charge in [-0.2, -0.15) is 4.98 Å². The number of hydrogen-bond acceptors (Lipinski definition) is 4. The topological polar surface area (TPSA) is 69.0 Å². The molecule has 2 aromatic carbocycles. The third-order valence-corrected chi connectivity index (χ3v) is 5.60. The van der Waals surface area contributed by atoms with Gasteiger partial charge in [0.2, 0.25) is 5.91 Å². The Morgan fingerprint density at radius 3 is 2.53 bits per heavy atom. The summed E-state index contributed by atoms with van der Waals surface area (Å²) in [7, 11) is 0. The molecule has 0 unspecified atom stereocenters. The fourth-order valence-electron chi connectivity index (χ4n) is 3.89. The molecule has 1 amide bonds. The molecule has 1 aliphatic carbocycles. The van der Waals surface area contributed by atoms with Crippen LogP contribution in [0.15, 0.2) is 48.5 Å². The number of nitrogens with one attached hydrogen (secondary N) is 1. The minimum absolute atomic E-state index is 0.0784. The molecule has 3 aromatic rings. The quantitative estimate of drug-likeness (QED) is 0.521. The number of benzene rings is 2. The largest absolute Gasteiger partial charge is 0.462 e. The number of hydrogen-bond donors (Lipinski definition) is 1. The first-order valence-corrected chi connectivity index (χ1v) is 11.3. The Morgan fingerprint density at radius 2 is 1.84 bits per heavy atom.